The van der Waals surface area contributed by atoms with Crippen molar-refractivity contribution in [1.82, 2.24) is 24.5 Å². The highest BCUT2D eigenvalue weighted by Crippen LogP contribution is 2.29. The van der Waals surface area contributed by atoms with Crippen LogP contribution in [0.25, 0.3) is 16.6 Å². The summed E-state index contributed by atoms with van der Waals surface area (Å²) in [5, 5.41) is 10.2. The number of carbonyl (C=O) groups excluding carboxylic acids is 1. The summed E-state index contributed by atoms with van der Waals surface area (Å²) in [6.07, 6.45) is 1.45. The van der Waals surface area contributed by atoms with E-state index in [2.05, 4.69) is 63.7 Å². The maximum atomic E-state index is 13.7. The zero-order valence-corrected chi connectivity index (χ0v) is 21.9. The van der Waals surface area contributed by atoms with Crippen LogP contribution in [-0.4, -0.2) is 56.1 Å². The van der Waals surface area contributed by atoms with E-state index in [1.54, 1.807) is 0 Å². The molecule has 1 fully saturated rings. The molecule has 1 aliphatic rings. The summed E-state index contributed by atoms with van der Waals surface area (Å²) >= 11 is 0. The van der Waals surface area contributed by atoms with Crippen molar-refractivity contribution in [2.24, 2.45) is 0 Å². The normalized spacial score (nSPS) is 16.7. The minimum atomic E-state index is -0.119. The third-order valence-electron chi connectivity index (χ3n) is 7.60. The van der Waals surface area contributed by atoms with E-state index in [0.717, 1.165) is 40.3 Å². The van der Waals surface area contributed by atoms with Crippen molar-refractivity contribution in [3.8, 4) is 0 Å². The van der Waals surface area contributed by atoms with Gasteiger partial charge in [0.05, 0.1) is 11.4 Å². The summed E-state index contributed by atoms with van der Waals surface area (Å²) < 4.78 is 2.11. The van der Waals surface area contributed by atoms with Gasteiger partial charge in [-0.2, -0.15) is 0 Å². The lowest BCUT2D eigenvalue weighted by Gasteiger charge is -2.41. The number of hydrogen-bond donors (Lipinski definition) is 0. The molecule has 3 aromatic carbocycles. The number of rotatable bonds is 6. The van der Waals surface area contributed by atoms with Crippen molar-refractivity contribution in [2.75, 3.05) is 24.5 Å². The van der Waals surface area contributed by atoms with Crippen LogP contribution in [0.15, 0.2) is 84.9 Å². The van der Waals surface area contributed by atoms with Crippen molar-refractivity contribution in [3.05, 3.63) is 102 Å². The molecule has 7 nitrogen and oxygen atoms in total. The molecule has 6 rings (SSSR count). The van der Waals surface area contributed by atoms with E-state index in [4.69, 9.17) is 4.98 Å². The standard InChI is InChI=1S/C31H32N6O/c1-3-25(24-14-8-5-9-15-24)30(38)36-19-18-35(21-22(36)2)31-32-27-17-11-10-16-26(27)29-34-33-28(37(29)31)20-23-12-6-4-7-13-23/h4-17,22,25H,3,18-21H2,1-2H3/t22-,25+/m0/s1. The van der Waals surface area contributed by atoms with Gasteiger partial charge < -0.3 is 9.80 Å². The number of amides is 1. The zero-order valence-electron chi connectivity index (χ0n) is 21.9. The Morgan fingerprint density at radius 2 is 1.63 bits per heavy atom. The van der Waals surface area contributed by atoms with E-state index in [9.17, 15) is 4.79 Å². The quantitative estimate of drug-likeness (QED) is 0.322. The Kier molecular flexibility index (Phi) is 6.50. The van der Waals surface area contributed by atoms with Crippen LogP contribution in [0.5, 0.6) is 0 Å². The molecule has 1 aliphatic heterocycles. The first kappa shape index (κ1) is 24.1. The van der Waals surface area contributed by atoms with Crippen LogP contribution in [0.3, 0.4) is 0 Å². The fourth-order valence-corrected chi connectivity index (χ4v) is 5.63. The monoisotopic (exact) mass is 504 g/mol. The van der Waals surface area contributed by atoms with Crippen molar-refractivity contribution in [1.29, 1.82) is 0 Å². The first-order valence-electron chi connectivity index (χ1n) is 13.4. The second kappa shape index (κ2) is 10.2. The lowest BCUT2D eigenvalue weighted by Crippen LogP contribution is -2.55. The van der Waals surface area contributed by atoms with Crippen molar-refractivity contribution in [2.45, 2.75) is 38.6 Å². The molecule has 5 aromatic rings. The summed E-state index contributed by atoms with van der Waals surface area (Å²) in [6, 6.07) is 28.6. The fraction of sp³-hybridized carbons (Fsp3) is 0.290. The molecule has 192 valence electrons. The van der Waals surface area contributed by atoms with E-state index in [0.29, 0.717) is 26.1 Å². The van der Waals surface area contributed by atoms with Crippen molar-refractivity contribution in [3.63, 3.8) is 0 Å². The first-order valence-corrected chi connectivity index (χ1v) is 13.4. The second-order valence-electron chi connectivity index (χ2n) is 10.1. The molecule has 0 N–H and O–H groups in total. The highest BCUT2D eigenvalue weighted by Gasteiger charge is 2.33. The molecule has 2 atom stereocenters. The zero-order chi connectivity index (χ0) is 26.1. The lowest BCUT2D eigenvalue weighted by molar-refractivity contribution is -0.135. The Labute approximate surface area is 222 Å². The maximum absolute atomic E-state index is 13.7. The van der Waals surface area contributed by atoms with Gasteiger partial charge >= 0.3 is 0 Å². The van der Waals surface area contributed by atoms with E-state index in [1.807, 2.05) is 59.5 Å². The SMILES string of the molecule is CC[C@@H](C(=O)N1CCN(c2nc3ccccc3c3nnc(Cc4ccccc4)n23)C[C@@H]1C)c1ccccc1. The lowest BCUT2D eigenvalue weighted by atomic mass is 9.94. The summed E-state index contributed by atoms with van der Waals surface area (Å²) in [6.45, 7) is 6.27. The van der Waals surface area contributed by atoms with Gasteiger partial charge in [0.2, 0.25) is 11.9 Å². The molecule has 38 heavy (non-hydrogen) atoms. The van der Waals surface area contributed by atoms with Gasteiger partial charge in [-0.05, 0) is 36.6 Å². The molecular weight excluding hydrogens is 472 g/mol. The predicted molar refractivity (Wildman–Crippen MR) is 150 cm³/mol. The van der Waals surface area contributed by atoms with Gasteiger partial charge in [0, 0.05) is 37.5 Å². The second-order valence-corrected chi connectivity index (χ2v) is 10.1. The summed E-state index contributed by atoms with van der Waals surface area (Å²) in [4.78, 5) is 23.1. The molecular formula is C31H32N6O. The fourth-order valence-electron chi connectivity index (χ4n) is 5.63. The molecule has 0 aliphatic carbocycles. The Morgan fingerprint density at radius 3 is 2.37 bits per heavy atom. The predicted octanol–water partition coefficient (Wildman–Crippen LogP) is 5.10. The highest BCUT2D eigenvalue weighted by molar-refractivity contribution is 5.92. The molecule has 1 saturated heterocycles. The van der Waals surface area contributed by atoms with Crippen LogP contribution in [0, 0.1) is 0 Å². The minimum Gasteiger partial charge on any atom is -0.338 e. The number of carbonyl (C=O) groups is 1. The molecule has 3 heterocycles. The van der Waals surface area contributed by atoms with E-state index < -0.39 is 0 Å². The smallest absolute Gasteiger partial charge is 0.230 e. The molecule has 0 unspecified atom stereocenters. The van der Waals surface area contributed by atoms with Crippen LogP contribution in [0.2, 0.25) is 0 Å². The molecule has 1 amide bonds. The number of piperazine rings is 1. The Balaban J connectivity index is 1.33. The minimum absolute atomic E-state index is 0.0476. The average Bonchev–Trinajstić information content (AvgIpc) is 3.38. The molecule has 7 heteroatoms. The van der Waals surface area contributed by atoms with Crippen LogP contribution in [0.4, 0.5) is 5.95 Å². The van der Waals surface area contributed by atoms with Gasteiger partial charge in [0.15, 0.2) is 5.65 Å². The highest BCUT2D eigenvalue weighted by atomic mass is 16.2. The number of anilines is 1. The third kappa shape index (κ3) is 4.38. The maximum Gasteiger partial charge on any atom is 0.230 e. The largest absolute Gasteiger partial charge is 0.338 e. The number of nitrogens with zero attached hydrogens (tertiary/aromatic N) is 6. The molecule has 0 saturated carbocycles. The Bertz CT molecular complexity index is 1570. The van der Waals surface area contributed by atoms with E-state index in [1.165, 1.54) is 5.56 Å². The summed E-state index contributed by atoms with van der Waals surface area (Å²) in [5.41, 5.74) is 3.98. The van der Waals surface area contributed by atoms with Crippen molar-refractivity contribution < 1.29 is 4.79 Å². The van der Waals surface area contributed by atoms with Gasteiger partial charge in [-0.15, -0.1) is 10.2 Å². The number of hydrogen-bond acceptors (Lipinski definition) is 5. The molecule has 0 spiro atoms. The van der Waals surface area contributed by atoms with Gasteiger partial charge in [0.1, 0.15) is 5.82 Å². The van der Waals surface area contributed by atoms with Crippen molar-refractivity contribution >= 4 is 28.4 Å². The topological polar surface area (TPSA) is 66.6 Å². The van der Waals surface area contributed by atoms with Crippen LogP contribution in [0.1, 0.15) is 43.1 Å². The third-order valence-corrected chi connectivity index (χ3v) is 7.60. The van der Waals surface area contributed by atoms with Crippen LogP contribution in [-0.2, 0) is 11.2 Å². The Morgan fingerprint density at radius 1 is 0.921 bits per heavy atom. The summed E-state index contributed by atoms with van der Waals surface area (Å²) in [5.74, 6) is 1.78. The Hall–Kier alpha value is -4.26. The van der Waals surface area contributed by atoms with E-state index in [-0.39, 0.29) is 17.9 Å². The molecule has 2 aromatic heterocycles. The van der Waals surface area contributed by atoms with Gasteiger partial charge in [-0.1, -0.05) is 79.7 Å². The first-order chi connectivity index (χ1) is 18.6. The number of benzene rings is 3. The van der Waals surface area contributed by atoms with Gasteiger partial charge in [-0.25, -0.2) is 9.38 Å². The van der Waals surface area contributed by atoms with Gasteiger partial charge in [0.25, 0.3) is 0 Å². The molecule has 0 radical (unpaired) electrons. The van der Waals surface area contributed by atoms with Gasteiger partial charge in [-0.3, -0.25) is 4.79 Å². The number of para-hydroxylation sites is 1. The number of fused-ring (bicyclic) bond motifs is 3. The van der Waals surface area contributed by atoms with Crippen LogP contribution >= 0.6 is 0 Å². The van der Waals surface area contributed by atoms with Crippen LogP contribution < -0.4 is 4.90 Å². The summed E-state index contributed by atoms with van der Waals surface area (Å²) in [7, 11) is 0. The average molecular weight is 505 g/mol. The number of aromatic nitrogens is 4. The molecule has 0 bridgehead atoms. The van der Waals surface area contributed by atoms with E-state index >= 15 is 0 Å².